The van der Waals surface area contributed by atoms with E-state index in [1.54, 1.807) is 25.1 Å². The summed E-state index contributed by atoms with van der Waals surface area (Å²) in [5.74, 6) is -2.70. The second kappa shape index (κ2) is 7.19. The summed E-state index contributed by atoms with van der Waals surface area (Å²) in [5.41, 5.74) is 0.135. The molecule has 0 saturated carbocycles. The van der Waals surface area contributed by atoms with E-state index >= 15 is 0 Å². The molecular weight excluding hydrogens is 409 g/mol. The van der Waals surface area contributed by atoms with Crippen LogP contribution < -0.4 is 5.32 Å². The number of carbonyl (C=O) groups excluding carboxylic acids is 1. The fourth-order valence-electron chi connectivity index (χ4n) is 2.16. The van der Waals surface area contributed by atoms with Gasteiger partial charge < -0.3 is 5.32 Å². The summed E-state index contributed by atoms with van der Waals surface area (Å²) in [6.07, 6.45) is 0. The zero-order valence-electron chi connectivity index (χ0n) is 13.0. The number of anilines is 1. The highest BCUT2D eigenvalue weighted by Gasteiger charge is 2.20. The molecule has 0 aliphatic carbocycles. The van der Waals surface area contributed by atoms with E-state index in [2.05, 4.69) is 15.4 Å². The minimum Gasteiger partial charge on any atom is -0.317 e. The lowest BCUT2D eigenvalue weighted by molar-refractivity contribution is 0.101. The van der Waals surface area contributed by atoms with Gasteiger partial charge in [0.2, 0.25) is 5.82 Å². The molecule has 0 saturated heterocycles. The molecule has 1 heterocycles. The molecule has 5 nitrogen and oxygen atoms in total. The molecule has 3 rings (SSSR count). The third-order valence-electron chi connectivity index (χ3n) is 3.39. The monoisotopic (exact) mass is 416 g/mol. The highest BCUT2D eigenvalue weighted by Crippen LogP contribution is 2.27. The molecule has 0 aliphatic rings. The van der Waals surface area contributed by atoms with Gasteiger partial charge in [0.05, 0.1) is 16.4 Å². The molecule has 0 bridgehead atoms. The van der Waals surface area contributed by atoms with Gasteiger partial charge >= 0.3 is 0 Å². The van der Waals surface area contributed by atoms with Crippen LogP contribution in [0.15, 0.2) is 30.3 Å². The molecule has 0 fully saturated rings. The predicted octanol–water partition coefficient (Wildman–Crippen LogP) is 5.07. The number of nitrogens with one attached hydrogen (secondary N) is 1. The Morgan fingerprint density at radius 2 is 1.88 bits per heavy atom. The van der Waals surface area contributed by atoms with E-state index < -0.39 is 22.6 Å². The second-order valence-electron chi connectivity index (χ2n) is 5.17. The molecule has 1 N–H and O–H groups in total. The van der Waals surface area contributed by atoms with Gasteiger partial charge in [0.15, 0.2) is 5.82 Å². The Balaban J connectivity index is 1.93. The van der Waals surface area contributed by atoms with Crippen molar-refractivity contribution in [3.63, 3.8) is 0 Å². The summed E-state index contributed by atoms with van der Waals surface area (Å²) in [6, 6.07) is 6.73. The van der Waals surface area contributed by atoms with Gasteiger partial charge in [0, 0.05) is 5.02 Å². The smallest absolute Gasteiger partial charge is 0.295 e. The van der Waals surface area contributed by atoms with Crippen LogP contribution in [0.3, 0.4) is 0 Å². The first-order valence-corrected chi connectivity index (χ1v) is 8.25. The molecule has 0 atom stereocenters. The molecule has 0 spiro atoms. The number of carbonyl (C=O) groups is 1. The molecule has 2 aromatic carbocycles. The number of aryl methyl sites for hydroxylation is 1. The molecule has 0 radical (unpaired) electrons. The lowest BCUT2D eigenvalue weighted by Gasteiger charge is -2.06. The van der Waals surface area contributed by atoms with Crippen LogP contribution in [-0.2, 0) is 0 Å². The first-order chi connectivity index (χ1) is 12.3. The number of amides is 1. The van der Waals surface area contributed by atoms with E-state index in [0.29, 0.717) is 21.6 Å². The maximum absolute atomic E-state index is 13.9. The van der Waals surface area contributed by atoms with Crippen LogP contribution in [-0.4, -0.2) is 20.7 Å². The Bertz CT molecular complexity index is 1020. The van der Waals surface area contributed by atoms with E-state index in [0.717, 1.165) is 12.1 Å². The van der Waals surface area contributed by atoms with Crippen molar-refractivity contribution in [3.8, 4) is 5.69 Å². The van der Waals surface area contributed by atoms with Crippen molar-refractivity contribution >= 4 is 46.4 Å². The lowest BCUT2D eigenvalue weighted by atomic mass is 10.3. The van der Waals surface area contributed by atoms with Crippen molar-refractivity contribution in [3.05, 3.63) is 68.7 Å². The molecule has 1 amide bonds. The van der Waals surface area contributed by atoms with Gasteiger partial charge in [-0.3, -0.25) is 4.79 Å². The number of rotatable bonds is 3. The third kappa shape index (κ3) is 3.51. The fraction of sp³-hybridized carbons (Fsp3) is 0.0625. The Morgan fingerprint density at radius 1 is 1.15 bits per heavy atom. The quantitative estimate of drug-likeness (QED) is 0.606. The topological polar surface area (TPSA) is 59.8 Å². The van der Waals surface area contributed by atoms with E-state index in [1.165, 1.54) is 4.68 Å². The Labute approximate surface area is 161 Å². The van der Waals surface area contributed by atoms with Gasteiger partial charge in [-0.1, -0.05) is 34.8 Å². The third-order valence-corrected chi connectivity index (χ3v) is 4.29. The second-order valence-corrected chi connectivity index (χ2v) is 6.39. The molecule has 134 valence electrons. The number of hydrogen-bond acceptors (Lipinski definition) is 3. The molecular formula is C16H9Cl3F2N4O. The predicted molar refractivity (Wildman–Crippen MR) is 95.4 cm³/mol. The maximum Gasteiger partial charge on any atom is 0.295 e. The highest BCUT2D eigenvalue weighted by molar-refractivity contribution is 6.34. The molecule has 1 aromatic heterocycles. The normalized spacial score (nSPS) is 10.8. The van der Waals surface area contributed by atoms with Crippen molar-refractivity contribution < 1.29 is 13.6 Å². The van der Waals surface area contributed by atoms with Crippen LogP contribution in [0.5, 0.6) is 0 Å². The summed E-state index contributed by atoms with van der Waals surface area (Å²) in [6.45, 7) is 1.61. The van der Waals surface area contributed by atoms with E-state index in [4.69, 9.17) is 34.8 Å². The first kappa shape index (κ1) is 18.6. The summed E-state index contributed by atoms with van der Waals surface area (Å²) >= 11 is 17.6. The zero-order chi connectivity index (χ0) is 19.0. The van der Waals surface area contributed by atoms with Gasteiger partial charge in [-0.15, -0.1) is 5.10 Å². The number of aromatic nitrogens is 3. The van der Waals surface area contributed by atoms with Gasteiger partial charge in [-0.2, -0.15) is 0 Å². The van der Waals surface area contributed by atoms with E-state index in [-0.39, 0.29) is 11.5 Å². The van der Waals surface area contributed by atoms with Gasteiger partial charge in [-0.25, -0.2) is 18.4 Å². The number of hydrogen-bond donors (Lipinski definition) is 1. The SMILES string of the molecule is Cc1nc(C(=O)Nc2ccc(F)c(Cl)c2F)nn1-c1cc(Cl)ccc1Cl. The summed E-state index contributed by atoms with van der Waals surface area (Å²) in [5, 5.41) is 6.38. The first-order valence-electron chi connectivity index (χ1n) is 7.12. The van der Waals surface area contributed by atoms with Gasteiger partial charge in [0.25, 0.3) is 5.91 Å². The lowest BCUT2D eigenvalue weighted by Crippen LogP contribution is -2.15. The van der Waals surface area contributed by atoms with Crippen LogP contribution >= 0.6 is 34.8 Å². The fourth-order valence-corrected chi connectivity index (χ4v) is 2.69. The standard InChI is InChI=1S/C16H9Cl3F2N4O/c1-7-22-15(24-25(7)12-6-8(17)2-3-9(12)18)16(26)23-11-5-4-10(20)13(19)14(11)21/h2-6H,1H3,(H,23,26). The largest absolute Gasteiger partial charge is 0.317 e. The summed E-state index contributed by atoms with van der Waals surface area (Å²) in [7, 11) is 0. The molecule has 26 heavy (non-hydrogen) atoms. The van der Waals surface area contributed by atoms with Crippen molar-refractivity contribution in [1.29, 1.82) is 0 Å². The highest BCUT2D eigenvalue weighted by atomic mass is 35.5. The van der Waals surface area contributed by atoms with Crippen molar-refractivity contribution in [1.82, 2.24) is 14.8 Å². The number of halogens is 5. The van der Waals surface area contributed by atoms with Crippen LogP contribution in [0.4, 0.5) is 14.5 Å². The minimum atomic E-state index is -1.09. The van der Waals surface area contributed by atoms with E-state index in [1.807, 2.05) is 0 Å². The van der Waals surface area contributed by atoms with Gasteiger partial charge in [-0.05, 0) is 37.3 Å². The Kier molecular flexibility index (Phi) is 5.13. The van der Waals surface area contributed by atoms with Crippen molar-refractivity contribution in [2.75, 3.05) is 5.32 Å². The Hall–Kier alpha value is -2.22. The summed E-state index contributed by atoms with van der Waals surface area (Å²) in [4.78, 5) is 16.3. The summed E-state index contributed by atoms with van der Waals surface area (Å²) < 4.78 is 28.4. The van der Waals surface area contributed by atoms with Crippen LogP contribution in [0.2, 0.25) is 15.1 Å². The van der Waals surface area contributed by atoms with Crippen LogP contribution in [0, 0.1) is 18.6 Å². The Morgan fingerprint density at radius 3 is 2.62 bits per heavy atom. The number of benzene rings is 2. The van der Waals surface area contributed by atoms with Crippen LogP contribution in [0.25, 0.3) is 5.69 Å². The van der Waals surface area contributed by atoms with E-state index in [9.17, 15) is 13.6 Å². The average molecular weight is 418 g/mol. The van der Waals surface area contributed by atoms with Crippen LogP contribution in [0.1, 0.15) is 16.4 Å². The average Bonchev–Trinajstić information content (AvgIpc) is 2.99. The maximum atomic E-state index is 13.9. The minimum absolute atomic E-state index is 0.238. The molecule has 10 heteroatoms. The molecule has 3 aromatic rings. The number of nitrogens with zero attached hydrogens (tertiary/aromatic N) is 3. The molecule has 0 aliphatic heterocycles. The van der Waals surface area contributed by atoms with Crippen molar-refractivity contribution in [2.45, 2.75) is 6.92 Å². The zero-order valence-corrected chi connectivity index (χ0v) is 15.3. The van der Waals surface area contributed by atoms with Gasteiger partial charge in [0.1, 0.15) is 16.7 Å². The van der Waals surface area contributed by atoms with Crippen molar-refractivity contribution in [2.24, 2.45) is 0 Å². The molecule has 0 unspecified atom stereocenters.